The number of nitrogens with zero attached hydrogens (tertiary/aromatic N) is 1. The molecule has 1 heterocycles. The van der Waals surface area contributed by atoms with Crippen molar-refractivity contribution < 1.29 is 4.39 Å². The third-order valence-corrected chi connectivity index (χ3v) is 3.80. The van der Waals surface area contributed by atoms with Crippen LogP contribution in [0.2, 0.25) is 5.15 Å². The standard InChI is InChI=1S/C9H5ClFNS2/c10-8-5-13-9(12-8)14-7-4-2-1-3-6(7)11/h1-5H. The lowest BCUT2D eigenvalue weighted by atomic mass is 10.4. The van der Waals surface area contributed by atoms with Crippen molar-refractivity contribution in [2.45, 2.75) is 9.24 Å². The van der Waals surface area contributed by atoms with Gasteiger partial charge < -0.3 is 0 Å². The van der Waals surface area contributed by atoms with Gasteiger partial charge in [-0.25, -0.2) is 9.37 Å². The Morgan fingerprint density at radius 3 is 2.79 bits per heavy atom. The van der Waals surface area contributed by atoms with Gasteiger partial charge in [0.15, 0.2) is 4.34 Å². The van der Waals surface area contributed by atoms with E-state index in [1.165, 1.54) is 29.2 Å². The Labute approximate surface area is 93.9 Å². The normalized spacial score (nSPS) is 10.4. The Kier molecular flexibility index (Phi) is 3.05. The minimum atomic E-state index is -0.233. The summed E-state index contributed by atoms with van der Waals surface area (Å²) >= 11 is 8.35. The van der Waals surface area contributed by atoms with Crippen molar-refractivity contribution in [3.05, 3.63) is 40.6 Å². The monoisotopic (exact) mass is 245 g/mol. The molecule has 0 saturated heterocycles. The lowest BCUT2D eigenvalue weighted by Crippen LogP contribution is -1.78. The first-order valence-electron chi connectivity index (χ1n) is 3.79. The first-order chi connectivity index (χ1) is 6.75. The molecule has 0 aliphatic heterocycles. The average Bonchev–Trinajstić information content (AvgIpc) is 2.56. The van der Waals surface area contributed by atoms with E-state index in [0.717, 1.165) is 4.34 Å². The topological polar surface area (TPSA) is 12.9 Å². The number of halogens is 2. The Morgan fingerprint density at radius 1 is 1.36 bits per heavy atom. The third kappa shape index (κ3) is 2.26. The molecule has 0 amide bonds. The van der Waals surface area contributed by atoms with E-state index in [-0.39, 0.29) is 5.82 Å². The van der Waals surface area contributed by atoms with Gasteiger partial charge in [-0.3, -0.25) is 0 Å². The highest BCUT2D eigenvalue weighted by atomic mass is 35.5. The summed E-state index contributed by atoms with van der Waals surface area (Å²) < 4.78 is 14.0. The molecule has 2 rings (SSSR count). The van der Waals surface area contributed by atoms with Crippen LogP contribution in [0.25, 0.3) is 0 Å². The van der Waals surface area contributed by atoms with Crippen LogP contribution in [-0.4, -0.2) is 4.98 Å². The molecule has 5 heteroatoms. The maximum absolute atomic E-state index is 13.2. The molecule has 1 nitrogen and oxygen atoms in total. The van der Waals surface area contributed by atoms with Crippen LogP contribution >= 0.6 is 34.7 Å². The number of aromatic nitrogens is 1. The molecule has 72 valence electrons. The molecule has 0 aliphatic rings. The maximum atomic E-state index is 13.2. The van der Waals surface area contributed by atoms with Gasteiger partial charge in [0.1, 0.15) is 11.0 Å². The van der Waals surface area contributed by atoms with Gasteiger partial charge in [0.25, 0.3) is 0 Å². The average molecular weight is 246 g/mol. The quantitative estimate of drug-likeness (QED) is 0.791. The van der Waals surface area contributed by atoms with Gasteiger partial charge in [-0.2, -0.15) is 0 Å². The molecule has 0 saturated carbocycles. The summed E-state index contributed by atoms with van der Waals surface area (Å²) in [6.45, 7) is 0. The van der Waals surface area contributed by atoms with E-state index in [4.69, 9.17) is 11.6 Å². The molecule has 0 aliphatic carbocycles. The van der Waals surface area contributed by atoms with Gasteiger partial charge in [-0.15, -0.1) is 11.3 Å². The van der Waals surface area contributed by atoms with Gasteiger partial charge in [-0.05, 0) is 12.1 Å². The van der Waals surface area contributed by atoms with E-state index in [9.17, 15) is 4.39 Å². The second-order valence-corrected chi connectivity index (χ2v) is 5.00. The molecule has 0 N–H and O–H groups in total. The zero-order chi connectivity index (χ0) is 9.97. The van der Waals surface area contributed by atoms with E-state index < -0.39 is 0 Å². The SMILES string of the molecule is Fc1ccccc1Sc1nc(Cl)cs1. The molecule has 0 spiro atoms. The summed E-state index contributed by atoms with van der Waals surface area (Å²) in [6, 6.07) is 6.60. The number of hydrogen-bond donors (Lipinski definition) is 0. The minimum Gasteiger partial charge on any atom is -0.218 e. The van der Waals surface area contributed by atoms with Crippen molar-refractivity contribution in [3.63, 3.8) is 0 Å². The molecule has 1 aromatic carbocycles. The van der Waals surface area contributed by atoms with E-state index in [2.05, 4.69) is 4.98 Å². The Bertz CT molecular complexity index is 444. The van der Waals surface area contributed by atoms with Gasteiger partial charge >= 0.3 is 0 Å². The Hall–Kier alpha value is -0.580. The van der Waals surface area contributed by atoms with Crippen LogP contribution in [0.3, 0.4) is 0 Å². The van der Waals surface area contributed by atoms with E-state index in [0.29, 0.717) is 10.0 Å². The largest absolute Gasteiger partial charge is 0.218 e. The van der Waals surface area contributed by atoms with Gasteiger partial charge in [0, 0.05) is 5.38 Å². The molecule has 0 radical (unpaired) electrons. The fourth-order valence-corrected chi connectivity index (χ4v) is 2.88. The lowest BCUT2D eigenvalue weighted by molar-refractivity contribution is 0.602. The fourth-order valence-electron chi connectivity index (χ4n) is 0.907. The summed E-state index contributed by atoms with van der Waals surface area (Å²) in [4.78, 5) is 4.60. The van der Waals surface area contributed by atoms with Crippen LogP contribution < -0.4 is 0 Å². The number of rotatable bonds is 2. The van der Waals surface area contributed by atoms with E-state index in [1.807, 2.05) is 0 Å². The smallest absolute Gasteiger partial charge is 0.156 e. The molecule has 0 bridgehead atoms. The molecular formula is C9H5ClFNS2. The van der Waals surface area contributed by atoms with Crippen molar-refractivity contribution in [2.75, 3.05) is 0 Å². The number of thiazole rings is 1. The van der Waals surface area contributed by atoms with Gasteiger partial charge in [0.05, 0.1) is 4.90 Å². The second kappa shape index (κ2) is 4.29. The minimum absolute atomic E-state index is 0.233. The number of benzene rings is 1. The first-order valence-corrected chi connectivity index (χ1v) is 5.86. The van der Waals surface area contributed by atoms with Gasteiger partial charge in [0.2, 0.25) is 0 Å². The first kappa shape index (κ1) is 9.96. The van der Waals surface area contributed by atoms with Crippen LogP contribution in [0.5, 0.6) is 0 Å². The summed E-state index contributed by atoms with van der Waals surface area (Å²) in [5.41, 5.74) is 0. The van der Waals surface area contributed by atoms with Crippen LogP contribution in [0.4, 0.5) is 4.39 Å². The summed E-state index contributed by atoms with van der Waals surface area (Å²) in [7, 11) is 0. The molecular weight excluding hydrogens is 241 g/mol. The summed E-state index contributed by atoms with van der Waals surface area (Å²) in [5, 5.41) is 2.18. The second-order valence-electron chi connectivity index (χ2n) is 2.47. The van der Waals surface area contributed by atoms with Crippen molar-refractivity contribution in [1.29, 1.82) is 0 Å². The van der Waals surface area contributed by atoms with E-state index >= 15 is 0 Å². The third-order valence-electron chi connectivity index (χ3n) is 1.49. The molecule has 1 aromatic heterocycles. The summed E-state index contributed by atoms with van der Waals surface area (Å²) in [6.07, 6.45) is 0. The van der Waals surface area contributed by atoms with Crippen molar-refractivity contribution in [1.82, 2.24) is 4.98 Å². The molecule has 0 unspecified atom stereocenters. The number of hydrogen-bond acceptors (Lipinski definition) is 3. The fraction of sp³-hybridized carbons (Fsp3) is 0. The van der Waals surface area contributed by atoms with Crippen LogP contribution in [-0.2, 0) is 0 Å². The lowest BCUT2D eigenvalue weighted by Gasteiger charge is -1.97. The predicted molar refractivity (Wildman–Crippen MR) is 57.6 cm³/mol. The molecule has 2 aromatic rings. The predicted octanol–water partition coefficient (Wildman–Crippen LogP) is 4.09. The van der Waals surface area contributed by atoms with Crippen molar-refractivity contribution >= 4 is 34.7 Å². The molecule has 14 heavy (non-hydrogen) atoms. The zero-order valence-electron chi connectivity index (χ0n) is 6.91. The maximum Gasteiger partial charge on any atom is 0.156 e. The highest BCUT2D eigenvalue weighted by Gasteiger charge is 2.06. The van der Waals surface area contributed by atoms with E-state index in [1.54, 1.807) is 23.6 Å². The highest BCUT2D eigenvalue weighted by molar-refractivity contribution is 8.01. The van der Waals surface area contributed by atoms with Crippen LogP contribution in [0.1, 0.15) is 0 Å². The molecule has 0 atom stereocenters. The summed E-state index contributed by atoms with van der Waals surface area (Å²) in [5.74, 6) is -0.233. The molecule has 0 fully saturated rings. The Morgan fingerprint density at radius 2 is 2.14 bits per heavy atom. The zero-order valence-corrected chi connectivity index (χ0v) is 9.30. The van der Waals surface area contributed by atoms with Crippen LogP contribution in [0, 0.1) is 5.82 Å². The van der Waals surface area contributed by atoms with Crippen molar-refractivity contribution in [3.8, 4) is 0 Å². The van der Waals surface area contributed by atoms with Gasteiger partial charge in [-0.1, -0.05) is 35.5 Å². The highest BCUT2D eigenvalue weighted by Crippen LogP contribution is 2.32. The van der Waals surface area contributed by atoms with Crippen LogP contribution in [0.15, 0.2) is 38.9 Å². The van der Waals surface area contributed by atoms with Crippen molar-refractivity contribution in [2.24, 2.45) is 0 Å². The Balaban J connectivity index is 2.23.